The molecule has 1 aromatic heterocycles. The van der Waals surface area contributed by atoms with Crippen molar-refractivity contribution in [2.45, 2.75) is 13.5 Å². The first kappa shape index (κ1) is 11.8. The van der Waals surface area contributed by atoms with Gasteiger partial charge < -0.3 is 10.5 Å². The molecule has 0 saturated carbocycles. The number of nitrogens with two attached hydrogens (primary N) is 1. The van der Waals surface area contributed by atoms with Gasteiger partial charge in [0, 0.05) is 13.1 Å². The minimum atomic E-state index is 0.355. The smallest absolute Gasteiger partial charge is 0.138 e. The Hall–Kier alpha value is -1.68. The fourth-order valence-corrected chi connectivity index (χ4v) is 1.66. The van der Waals surface area contributed by atoms with Crippen LogP contribution in [0.15, 0.2) is 24.3 Å². The number of hydrogen-bond acceptors (Lipinski definition) is 3. The second-order valence-electron chi connectivity index (χ2n) is 3.91. The second-order valence-corrected chi connectivity index (χ2v) is 4.31. The summed E-state index contributed by atoms with van der Waals surface area (Å²) in [6.07, 6.45) is 0. The normalized spacial score (nSPS) is 10.5. The van der Waals surface area contributed by atoms with Crippen LogP contribution in [-0.2, 0) is 13.7 Å². The average molecular weight is 252 g/mol. The maximum atomic E-state index is 6.02. The fourth-order valence-electron chi connectivity index (χ4n) is 1.49. The van der Waals surface area contributed by atoms with E-state index in [2.05, 4.69) is 5.10 Å². The standard InChI is InChI=1S/C12H14ClN3O/c1-8-3-4-10(13)11(5-8)17-7-9-6-12(14)16(2)15-9/h3-6H,7,14H2,1-2H3. The van der Waals surface area contributed by atoms with Gasteiger partial charge in [-0.05, 0) is 24.6 Å². The molecule has 0 bridgehead atoms. The van der Waals surface area contributed by atoms with Gasteiger partial charge in [-0.1, -0.05) is 17.7 Å². The molecular formula is C12H14ClN3O. The van der Waals surface area contributed by atoms with E-state index in [1.54, 1.807) is 17.8 Å². The van der Waals surface area contributed by atoms with Crippen LogP contribution in [0.5, 0.6) is 5.75 Å². The molecule has 1 heterocycles. The number of aryl methyl sites for hydroxylation is 2. The van der Waals surface area contributed by atoms with Gasteiger partial charge in [0.05, 0.1) is 5.02 Å². The summed E-state index contributed by atoms with van der Waals surface area (Å²) in [5.41, 5.74) is 7.56. The number of hydrogen-bond donors (Lipinski definition) is 1. The first-order valence-corrected chi connectivity index (χ1v) is 5.61. The van der Waals surface area contributed by atoms with Crippen molar-refractivity contribution in [2.24, 2.45) is 7.05 Å². The molecule has 2 rings (SSSR count). The van der Waals surface area contributed by atoms with Crippen LogP contribution in [0.3, 0.4) is 0 Å². The zero-order valence-electron chi connectivity index (χ0n) is 9.77. The van der Waals surface area contributed by atoms with Crippen molar-refractivity contribution in [3.63, 3.8) is 0 Å². The van der Waals surface area contributed by atoms with E-state index in [0.29, 0.717) is 23.2 Å². The van der Waals surface area contributed by atoms with Crippen molar-refractivity contribution >= 4 is 17.4 Å². The van der Waals surface area contributed by atoms with Gasteiger partial charge in [-0.3, -0.25) is 4.68 Å². The lowest BCUT2D eigenvalue weighted by molar-refractivity contribution is 0.300. The van der Waals surface area contributed by atoms with Crippen LogP contribution in [0.4, 0.5) is 5.82 Å². The number of aromatic nitrogens is 2. The minimum Gasteiger partial charge on any atom is -0.486 e. The summed E-state index contributed by atoms with van der Waals surface area (Å²) >= 11 is 6.02. The summed E-state index contributed by atoms with van der Waals surface area (Å²) in [5.74, 6) is 1.27. The molecule has 0 aliphatic carbocycles. The monoisotopic (exact) mass is 251 g/mol. The van der Waals surface area contributed by atoms with E-state index < -0.39 is 0 Å². The zero-order chi connectivity index (χ0) is 12.4. The van der Waals surface area contributed by atoms with E-state index in [1.165, 1.54) is 0 Å². The Labute approximate surface area is 105 Å². The lowest BCUT2D eigenvalue weighted by atomic mass is 10.2. The van der Waals surface area contributed by atoms with Crippen molar-refractivity contribution in [1.29, 1.82) is 0 Å². The highest BCUT2D eigenvalue weighted by Crippen LogP contribution is 2.26. The summed E-state index contributed by atoms with van der Waals surface area (Å²) < 4.78 is 7.22. The van der Waals surface area contributed by atoms with Crippen molar-refractivity contribution in [2.75, 3.05) is 5.73 Å². The van der Waals surface area contributed by atoms with Gasteiger partial charge in [-0.25, -0.2) is 0 Å². The van der Waals surface area contributed by atoms with E-state index in [1.807, 2.05) is 25.1 Å². The topological polar surface area (TPSA) is 53.1 Å². The van der Waals surface area contributed by atoms with E-state index in [-0.39, 0.29) is 0 Å². The fraction of sp³-hybridized carbons (Fsp3) is 0.250. The lowest BCUT2D eigenvalue weighted by Gasteiger charge is -2.07. The first-order valence-electron chi connectivity index (χ1n) is 5.23. The molecule has 0 aliphatic heterocycles. The van der Waals surface area contributed by atoms with Crippen LogP contribution < -0.4 is 10.5 Å². The maximum Gasteiger partial charge on any atom is 0.138 e. The summed E-state index contributed by atoms with van der Waals surface area (Å²) in [7, 11) is 1.79. The Morgan fingerprint density at radius 1 is 1.41 bits per heavy atom. The summed E-state index contributed by atoms with van der Waals surface area (Å²) in [6, 6.07) is 7.44. The molecule has 90 valence electrons. The lowest BCUT2D eigenvalue weighted by Crippen LogP contribution is -1.99. The van der Waals surface area contributed by atoms with Crippen LogP contribution in [-0.4, -0.2) is 9.78 Å². The molecular weight excluding hydrogens is 238 g/mol. The van der Waals surface area contributed by atoms with Crippen LogP contribution in [0, 0.1) is 6.92 Å². The highest BCUT2D eigenvalue weighted by molar-refractivity contribution is 6.32. The van der Waals surface area contributed by atoms with E-state index in [0.717, 1.165) is 11.3 Å². The molecule has 0 fully saturated rings. The van der Waals surface area contributed by atoms with E-state index in [4.69, 9.17) is 22.1 Å². The molecule has 0 amide bonds. The molecule has 0 radical (unpaired) electrons. The molecule has 0 aliphatic rings. The quantitative estimate of drug-likeness (QED) is 0.912. The van der Waals surface area contributed by atoms with Crippen molar-refractivity contribution in [1.82, 2.24) is 9.78 Å². The number of nitrogen functional groups attached to an aromatic ring is 1. The molecule has 0 atom stereocenters. The largest absolute Gasteiger partial charge is 0.486 e. The van der Waals surface area contributed by atoms with E-state index in [9.17, 15) is 0 Å². The third kappa shape index (κ3) is 2.71. The predicted molar refractivity (Wildman–Crippen MR) is 68.1 cm³/mol. The first-order chi connectivity index (χ1) is 8.06. The molecule has 0 spiro atoms. The Balaban J connectivity index is 2.09. The molecule has 2 N–H and O–H groups in total. The van der Waals surface area contributed by atoms with Crippen molar-refractivity contribution in [3.8, 4) is 5.75 Å². The van der Waals surface area contributed by atoms with Crippen molar-refractivity contribution < 1.29 is 4.74 Å². The average Bonchev–Trinajstić information content (AvgIpc) is 2.60. The Morgan fingerprint density at radius 3 is 2.82 bits per heavy atom. The molecule has 0 saturated heterocycles. The number of anilines is 1. The van der Waals surface area contributed by atoms with Crippen LogP contribution in [0.2, 0.25) is 5.02 Å². The molecule has 2 aromatic rings. The number of nitrogens with zero attached hydrogens (tertiary/aromatic N) is 2. The van der Waals surface area contributed by atoms with Gasteiger partial charge in [0.2, 0.25) is 0 Å². The maximum absolute atomic E-state index is 6.02. The van der Waals surface area contributed by atoms with Crippen molar-refractivity contribution in [3.05, 3.63) is 40.5 Å². The zero-order valence-corrected chi connectivity index (χ0v) is 10.5. The number of rotatable bonds is 3. The SMILES string of the molecule is Cc1ccc(Cl)c(OCc2cc(N)n(C)n2)c1. The molecule has 4 nitrogen and oxygen atoms in total. The summed E-state index contributed by atoms with van der Waals surface area (Å²) in [4.78, 5) is 0. The molecule has 5 heteroatoms. The Bertz CT molecular complexity index is 517. The van der Waals surface area contributed by atoms with Gasteiger partial charge in [0.15, 0.2) is 0 Å². The summed E-state index contributed by atoms with van der Waals surface area (Å²) in [6.45, 7) is 2.34. The van der Waals surface area contributed by atoms with Crippen LogP contribution in [0.1, 0.15) is 11.3 Å². The minimum absolute atomic E-state index is 0.355. The van der Waals surface area contributed by atoms with Gasteiger partial charge >= 0.3 is 0 Å². The molecule has 17 heavy (non-hydrogen) atoms. The highest BCUT2D eigenvalue weighted by atomic mass is 35.5. The second kappa shape index (κ2) is 4.67. The number of halogens is 1. The molecule has 0 unspecified atom stereocenters. The van der Waals surface area contributed by atoms with Gasteiger partial charge in [0.1, 0.15) is 23.9 Å². The third-order valence-corrected chi connectivity index (χ3v) is 2.74. The van der Waals surface area contributed by atoms with Gasteiger partial charge in [-0.15, -0.1) is 0 Å². The highest BCUT2D eigenvalue weighted by Gasteiger charge is 2.05. The number of ether oxygens (including phenoxy) is 1. The van der Waals surface area contributed by atoms with Gasteiger partial charge in [-0.2, -0.15) is 5.10 Å². The summed E-state index contributed by atoms with van der Waals surface area (Å²) in [5, 5.41) is 4.80. The van der Waals surface area contributed by atoms with E-state index >= 15 is 0 Å². The van der Waals surface area contributed by atoms with Crippen LogP contribution >= 0.6 is 11.6 Å². The molecule has 1 aromatic carbocycles. The third-order valence-electron chi connectivity index (χ3n) is 2.43. The number of benzene rings is 1. The Kier molecular flexibility index (Phi) is 3.24. The Morgan fingerprint density at radius 2 is 2.18 bits per heavy atom. The predicted octanol–water partition coefficient (Wildman–Crippen LogP) is 2.54. The van der Waals surface area contributed by atoms with Gasteiger partial charge in [0.25, 0.3) is 0 Å². The van der Waals surface area contributed by atoms with Crippen LogP contribution in [0.25, 0.3) is 0 Å².